The van der Waals surface area contributed by atoms with Crippen LogP contribution in [0.5, 0.6) is 0 Å². The molecule has 0 saturated carbocycles. The molecule has 0 aromatic heterocycles. The molecule has 1 aliphatic carbocycles. The van der Waals surface area contributed by atoms with Gasteiger partial charge in [0, 0.05) is 17.3 Å². The standard InChI is InChI=1S/C17H18BrNO2/c18-15-8-6-12(11-4-2-1-3-5-11)14-10-17(20,21)16(19)9-7-13(14)15/h1-6,8,16,20-21H,7,9-10,19H2/p+1/t16-/m0/s1. The molecule has 110 valence electrons. The van der Waals surface area contributed by atoms with Gasteiger partial charge in [-0.1, -0.05) is 52.3 Å². The fourth-order valence-corrected chi connectivity index (χ4v) is 3.55. The van der Waals surface area contributed by atoms with Crippen LogP contribution in [0.15, 0.2) is 46.9 Å². The highest BCUT2D eigenvalue weighted by molar-refractivity contribution is 9.10. The van der Waals surface area contributed by atoms with E-state index in [0.717, 1.165) is 33.1 Å². The van der Waals surface area contributed by atoms with Crippen LogP contribution in [0.3, 0.4) is 0 Å². The normalized spacial score (nSPS) is 20.7. The summed E-state index contributed by atoms with van der Waals surface area (Å²) >= 11 is 3.60. The molecule has 0 amide bonds. The Morgan fingerprint density at radius 1 is 1.05 bits per heavy atom. The molecule has 0 saturated heterocycles. The lowest BCUT2D eigenvalue weighted by Gasteiger charge is -2.24. The first-order chi connectivity index (χ1) is 9.99. The molecule has 3 nitrogen and oxygen atoms in total. The van der Waals surface area contributed by atoms with Crippen LogP contribution in [0, 0.1) is 0 Å². The van der Waals surface area contributed by atoms with Crippen molar-refractivity contribution in [3.63, 3.8) is 0 Å². The predicted octanol–water partition coefficient (Wildman–Crippen LogP) is 1.90. The van der Waals surface area contributed by atoms with E-state index in [1.807, 2.05) is 42.5 Å². The average Bonchev–Trinajstić information content (AvgIpc) is 2.58. The summed E-state index contributed by atoms with van der Waals surface area (Å²) in [5, 5.41) is 20.6. The van der Waals surface area contributed by atoms with Crippen molar-refractivity contribution < 1.29 is 15.9 Å². The lowest BCUT2D eigenvalue weighted by molar-refractivity contribution is -0.482. The molecular formula is C17H19BrNO2+. The maximum atomic E-state index is 10.3. The van der Waals surface area contributed by atoms with Gasteiger partial charge in [0.15, 0.2) is 0 Å². The smallest absolute Gasteiger partial charge is 0.220 e. The molecule has 21 heavy (non-hydrogen) atoms. The van der Waals surface area contributed by atoms with Gasteiger partial charge >= 0.3 is 0 Å². The van der Waals surface area contributed by atoms with Crippen molar-refractivity contribution in [2.24, 2.45) is 0 Å². The largest absolute Gasteiger partial charge is 0.361 e. The average molecular weight is 349 g/mol. The van der Waals surface area contributed by atoms with Gasteiger partial charge in [0.25, 0.3) is 0 Å². The molecule has 0 aliphatic heterocycles. The van der Waals surface area contributed by atoms with E-state index in [1.54, 1.807) is 0 Å². The predicted molar refractivity (Wildman–Crippen MR) is 85.4 cm³/mol. The first-order valence-electron chi connectivity index (χ1n) is 7.12. The highest BCUT2D eigenvalue weighted by atomic mass is 79.9. The SMILES string of the molecule is [NH3+][C@H]1CCc2c(Br)ccc(-c3ccccc3)c2CC1(O)O. The zero-order valence-electron chi connectivity index (χ0n) is 11.7. The number of halogens is 1. The Balaban J connectivity index is 2.18. The van der Waals surface area contributed by atoms with E-state index in [2.05, 4.69) is 21.7 Å². The molecule has 0 fully saturated rings. The van der Waals surface area contributed by atoms with Crippen molar-refractivity contribution >= 4 is 15.9 Å². The molecule has 2 aromatic carbocycles. The van der Waals surface area contributed by atoms with Crippen molar-refractivity contribution in [2.45, 2.75) is 31.1 Å². The van der Waals surface area contributed by atoms with Gasteiger partial charge in [-0.25, -0.2) is 0 Å². The molecule has 4 heteroatoms. The molecule has 3 rings (SSSR count). The zero-order chi connectivity index (χ0) is 15.0. The molecule has 0 spiro atoms. The molecule has 0 heterocycles. The maximum Gasteiger partial charge on any atom is 0.220 e. The number of rotatable bonds is 1. The third-order valence-corrected chi connectivity index (χ3v) is 5.04. The van der Waals surface area contributed by atoms with Gasteiger partial charge in [0.05, 0.1) is 0 Å². The molecule has 0 unspecified atom stereocenters. The van der Waals surface area contributed by atoms with Crippen molar-refractivity contribution in [3.05, 3.63) is 58.1 Å². The summed E-state index contributed by atoms with van der Waals surface area (Å²) in [5.41, 5.74) is 8.24. The van der Waals surface area contributed by atoms with Crippen LogP contribution in [0.25, 0.3) is 11.1 Å². The number of aliphatic hydroxyl groups is 2. The van der Waals surface area contributed by atoms with Crippen LogP contribution in [0.1, 0.15) is 17.5 Å². The highest BCUT2D eigenvalue weighted by Gasteiger charge is 2.39. The van der Waals surface area contributed by atoms with Crippen LogP contribution in [-0.4, -0.2) is 22.0 Å². The second kappa shape index (κ2) is 5.54. The minimum absolute atomic E-state index is 0.208. The first-order valence-corrected chi connectivity index (χ1v) is 7.92. The Morgan fingerprint density at radius 3 is 2.48 bits per heavy atom. The summed E-state index contributed by atoms with van der Waals surface area (Å²) in [7, 11) is 0. The summed E-state index contributed by atoms with van der Waals surface area (Å²) in [4.78, 5) is 0. The van der Waals surface area contributed by atoms with E-state index in [-0.39, 0.29) is 12.5 Å². The van der Waals surface area contributed by atoms with Gasteiger partial charge in [0.2, 0.25) is 5.79 Å². The number of benzene rings is 2. The molecule has 5 N–H and O–H groups in total. The molecule has 0 radical (unpaired) electrons. The van der Waals surface area contributed by atoms with E-state index in [4.69, 9.17) is 0 Å². The quantitative estimate of drug-likeness (QED) is 0.544. The number of quaternary nitrogens is 1. The topological polar surface area (TPSA) is 68.1 Å². The summed E-state index contributed by atoms with van der Waals surface area (Å²) in [5.74, 6) is -1.75. The Morgan fingerprint density at radius 2 is 1.76 bits per heavy atom. The van der Waals surface area contributed by atoms with Gasteiger partial charge in [0.1, 0.15) is 6.04 Å². The maximum absolute atomic E-state index is 10.3. The number of fused-ring (bicyclic) bond motifs is 1. The van der Waals surface area contributed by atoms with Crippen LogP contribution in [-0.2, 0) is 12.8 Å². The van der Waals surface area contributed by atoms with Gasteiger partial charge in [-0.2, -0.15) is 0 Å². The van der Waals surface area contributed by atoms with Gasteiger partial charge in [-0.3, -0.25) is 0 Å². The van der Waals surface area contributed by atoms with Crippen molar-refractivity contribution in [3.8, 4) is 11.1 Å². The third kappa shape index (κ3) is 2.77. The lowest BCUT2D eigenvalue weighted by Crippen LogP contribution is -2.72. The van der Waals surface area contributed by atoms with Crippen LogP contribution in [0.4, 0.5) is 0 Å². The first kappa shape index (κ1) is 14.7. The van der Waals surface area contributed by atoms with E-state index in [1.165, 1.54) is 0 Å². The molecule has 2 aromatic rings. The second-order valence-electron chi connectivity index (χ2n) is 5.71. The molecule has 0 bridgehead atoms. The van der Waals surface area contributed by atoms with E-state index >= 15 is 0 Å². The van der Waals surface area contributed by atoms with E-state index in [9.17, 15) is 10.2 Å². The molecule has 1 aliphatic rings. The number of hydrogen-bond donors (Lipinski definition) is 3. The Hall–Kier alpha value is -1.20. The lowest BCUT2D eigenvalue weighted by atomic mass is 9.91. The van der Waals surface area contributed by atoms with Gasteiger partial charge in [-0.15, -0.1) is 0 Å². The Bertz CT molecular complexity index is 655. The summed E-state index contributed by atoms with van der Waals surface area (Å²) in [6.45, 7) is 0. The van der Waals surface area contributed by atoms with Gasteiger partial charge in [-0.05, 0) is 34.7 Å². The monoisotopic (exact) mass is 348 g/mol. The number of hydrogen-bond acceptors (Lipinski definition) is 2. The van der Waals surface area contributed by atoms with Crippen molar-refractivity contribution in [2.75, 3.05) is 0 Å². The van der Waals surface area contributed by atoms with Crippen molar-refractivity contribution in [1.29, 1.82) is 0 Å². The van der Waals surface area contributed by atoms with E-state index < -0.39 is 5.79 Å². The molecule has 1 atom stereocenters. The fraction of sp³-hybridized carbons (Fsp3) is 0.294. The van der Waals surface area contributed by atoms with Crippen LogP contribution >= 0.6 is 15.9 Å². The minimum Gasteiger partial charge on any atom is -0.361 e. The summed E-state index contributed by atoms with van der Waals surface area (Å²) in [6, 6.07) is 13.8. The minimum atomic E-state index is -1.75. The Labute approximate surface area is 132 Å². The Kier molecular flexibility index (Phi) is 3.88. The summed E-state index contributed by atoms with van der Waals surface area (Å²) in [6.07, 6.45) is 1.67. The molecular weight excluding hydrogens is 330 g/mol. The van der Waals surface area contributed by atoms with E-state index in [0.29, 0.717) is 6.42 Å². The third-order valence-electron chi connectivity index (χ3n) is 4.29. The fourth-order valence-electron chi connectivity index (χ4n) is 2.98. The van der Waals surface area contributed by atoms with Crippen molar-refractivity contribution in [1.82, 2.24) is 0 Å². The van der Waals surface area contributed by atoms with Gasteiger partial charge < -0.3 is 15.9 Å². The second-order valence-corrected chi connectivity index (χ2v) is 6.56. The highest BCUT2D eigenvalue weighted by Crippen LogP contribution is 2.36. The summed E-state index contributed by atoms with van der Waals surface area (Å²) < 4.78 is 1.03. The van der Waals surface area contributed by atoms with Crippen LogP contribution in [0.2, 0.25) is 0 Å². The zero-order valence-corrected chi connectivity index (χ0v) is 13.3. The van der Waals surface area contributed by atoms with Crippen LogP contribution < -0.4 is 5.73 Å².